The maximum absolute atomic E-state index is 6.01. The fourth-order valence-electron chi connectivity index (χ4n) is 7.84. The van der Waals surface area contributed by atoms with Gasteiger partial charge in [-0.05, 0) is 102 Å². The topological polar surface area (TPSA) is 51.8 Å². The maximum Gasteiger partial charge on any atom is 0.216 e. The molecule has 4 aromatic carbocycles. The summed E-state index contributed by atoms with van der Waals surface area (Å²) in [5.41, 5.74) is 14.9. The van der Waals surface area contributed by atoms with Crippen molar-refractivity contribution in [2.45, 2.75) is 45.4 Å². The van der Waals surface area contributed by atoms with E-state index in [1.165, 1.54) is 44.2 Å². The van der Waals surface area contributed by atoms with Crippen LogP contribution in [0.4, 0.5) is 0 Å². The third-order valence-electron chi connectivity index (χ3n) is 10.3. The predicted octanol–water partition coefficient (Wildman–Crippen LogP) is 10.1. The number of aryl methyl sites for hydroxylation is 3. The molecule has 8 aromatic rings. The summed E-state index contributed by atoms with van der Waals surface area (Å²) in [6, 6.07) is 40.6. The van der Waals surface area contributed by atoms with Gasteiger partial charge in [0.2, 0.25) is 5.71 Å². The van der Waals surface area contributed by atoms with Gasteiger partial charge in [-0.15, -0.1) is 54.1 Å². The van der Waals surface area contributed by atoms with Crippen LogP contribution in [0.2, 0.25) is 0 Å². The molecule has 241 valence electrons. The summed E-state index contributed by atoms with van der Waals surface area (Å²) in [4.78, 5) is 13.9. The molecule has 5 heteroatoms. The van der Waals surface area contributed by atoms with Crippen molar-refractivity contribution >= 4 is 32.8 Å². The molecule has 0 atom stereocenters. The van der Waals surface area contributed by atoms with Gasteiger partial charge in [0.15, 0.2) is 0 Å². The van der Waals surface area contributed by atoms with Gasteiger partial charge in [0.05, 0.1) is 5.58 Å². The van der Waals surface area contributed by atoms with Gasteiger partial charge in [-0.1, -0.05) is 65.0 Å². The minimum atomic E-state index is 0. The number of pyridine rings is 3. The van der Waals surface area contributed by atoms with Gasteiger partial charge in [-0.3, -0.25) is 0 Å². The predicted molar refractivity (Wildman–Crippen MR) is 193 cm³/mol. The minimum absolute atomic E-state index is 0. The van der Waals surface area contributed by atoms with E-state index in [0.29, 0.717) is 5.71 Å². The number of fused-ring (bicyclic) bond motifs is 5. The van der Waals surface area contributed by atoms with Crippen LogP contribution < -0.4 is 0 Å². The standard InChI is InChI=1S/C25H18N.C19H15N2O.Ir/c1-2-7-17(8-3-1)24-21-11-6-12-22-23(21)20(16-26-24)15-25(22)13-18-9-4-5-10-19(18)14-25;1-11-9-17(20-10-12(11)2)16-6-4-5-14-15-8-7-13(3)21-19(15)22-18(14)16;/h1-7,9-12,16H,13-15H2;4-5,7-10H,1-3H3;/q2*-1;. The molecule has 0 aliphatic heterocycles. The van der Waals surface area contributed by atoms with Gasteiger partial charge in [-0.25, -0.2) is 4.98 Å². The molecule has 1 radical (unpaired) electrons. The molecular weight excluding hydrogens is 779 g/mol. The third-order valence-corrected chi connectivity index (χ3v) is 10.3. The molecule has 4 nitrogen and oxygen atoms in total. The molecule has 0 unspecified atom stereocenters. The molecule has 0 N–H and O–H groups in total. The number of rotatable bonds is 2. The second kappa shape index (κ2) is 12.2. The van der Waals surface area contributed by atoms with E-state index >= 15 is 0 Å². The van der Waals surface area contributed by atoms with Crippen molar-refractivity contribution in [3.8, 4) is 22.5 Å². The zero-order chi connectivity index (χ0) is 32.4. The monoisotopic (exact) mass is 812 g/mol. The van der Waals surface area contributed by atoms with Crippen molar-refractivity contribution in [1.82, 2.24) is 15.0 Å². The van der Waals surface area contributed by atoms with Gasteiger partial charge >= 0.3 is 0 Å². The Balaban J connectivity index is 0.000000141. The number of aromatic nitrogens is 3. The van der Waals surface area contributed by atoms with Crippen molar-refractivity contribution in [3.05, 3.63) is 161 Å². The molecule has 4 heterocycles. The molecule has 0 saturated heterocycles. The molecule has 1 spiro atoms. The summed E-state index contributed by atoms with van der Waals surface area (Å²) >= 11 is 0. The largest absolute Gasteiger partial charge is 0.486 e. The first-order valence-electron chi connectivity index (χ1n) is 16.6. The van der Waals surface area contributed by atoms with Gasteiger partial charge in [0.25, 0.3) is 0 Å². The maximum atomic E-state index is 6.01. The first kappa shape index (κ1) is 31.3. The Labute approximate surface area is 299 Å². The molecule has 4 aromatic heterocycles. The summed E-state index contributed by atoms with van der Waals surface area (Å²) in [6.07, 6.45) is 7.39. The van der Waals surface area contributed by atoms with E-state index in [4.69, 9.17) is 9.40 Å². The molecule has 0 bridgehead atoms. The van der Waals surface area contributed by atoms with E-state index in [-0.39, 0.29) is 25.5 Å². The van der Waals surface area contributed by atoms with Crippen LogP contribution >= 0.6 is 0 Å². The van der Waals surface area contributed by atoms with Crippen LogP contribution in [0.3, 0.4) is 0 Å². The van der Waals surface area contributed by atoms with E-state index in [1.807, 2.05) is 43.5 Å². The van der Waals surface area contributed by atoms with Gasteiger partial charge in [0, 0.05) is 49.0 Å². The normalized spacial score (nSPS) is 13.8. The molecule has 0 fully saturated rings. The van der Waals surface area contributed by atoms with Crippen molar-refractivity contribution in [1.29, 1.82) is 0 Å². The Hall–Kier alpha value is -4.96. The molecule has 10 rings (SSSR count). The van der Waals surface area contributed by atoms with Crippen molar-refractivity contribution in [2.24, 2.45) is 0 Å². The number of hydrogen-bond donors (Lipinski definition) is 0. The Morgan fingerprint density at radius 2 is 1.47 bits per heavy atom. The minimum Gasteiger partial charge on any atom is -0.486 e. The molecule has 0 amide bonds. The van der Waals surface area contributed by atoms with Crippen LogP contribution in [0.1, 0.15) is 39.1 Å². The van der Waals surface area contributed by atoms with Crippen molar-refractivity contribution < 1.29 is 24.5 Å². The second-order valence-electron chi connectivity index (χ2n) is 13.4. The van der Waals surface area contributed by atoms with Gasteiger partial charge in [0.1, 0.15) is 0 Å². The Morgan fingerprint density at radius 1 is 0.673 bits per heavy atom. The van der Waals surface area contributed by atoms with Gasteiger partial charge in [-0.2, -0.15) is 0 Å². The summed E-state index contributed by atoms with van der Waals surface area (Å²) in [7, 11) is 0. The van der Waals surface area contributed by atoms with Crippen LogP contribution in [-0.4, -0.2) is 15.0 Å². The molecule has 2 aliphatic carbocycles. The van der Waals surface area contributed by atoms with Crippen molar-refractivity contribution in [2.75, 3.05) is 0 Å². The summed E-state index contributed by atoms with van der Waals surface area (Å²) in [5, 5.41) is 4.79. The van der Waals surface area contributed by atoms with E-state index in [0.717, 1.165) is 63.8 Å². The Bertz CT molecular complexity index is 2510. The second-order valence-corrected chi connectivity index (χ2v) is 13.4. The average Bonchev–Trinajstić information content (AvgIpc) is 3.77. The Morgan fingerprint density at radius 3 is 2.24 bits per heavy atom. The zero-order valence-corrected chi connectivity index (χ0v) is 30.0. The number of benzene rings is 4. The molecule has 0 saturated carbocycles. The van der Waals surface area contributed by atoms with E-state index in [9.17, 15) is 0 Å². The SMILES string of the molecule is Cc1ccc2c(n1)oc1c(-c3cc(C)c(C)cn3)[c-]ccc12.[Ir].[c-]1ccccc1-c1ncc2c3c(cccc13)C1(Cc3ccccc3C1)C2. The fourth-order valence-corrected chi connectivity index (χ4v) is 7.84. The number of hydrogen-bond acceptors (Lipinski definition) is 4. The van der Waals surface area contributed by atoms with Crippen LogP contribution in [0.25, 0.3) is 55.4 Å². The Kier molecular flexibility index (Phi) is 7.78. The summed E-state index contributed by atoms with van der Waals surface area (Å²) in [6.45, 7) is 6.11. The summed E-state index contributed by atoms with van der Waals surface area (Å²) < 4.78 is 6.01. The molecular formula is C44H33IrN3O-2. The van der Waals surface area contributed by atoms with E-state index in [2.05, 4.69) is 109 Å². The summed E-state index contributed by atoms with van der Waals surface area (Å²) in [5.74, 6) is 0. The smallest absolute Gasteiger partial charge is 0.216 e. The van der Waals surface area contributed by atoms with Crippen LogP contribution in [0, 0.1) is 32.9 Å². The molecule has 49 heavy (non-hydrogen) atoms. The van der Waals surface area contributed by atoms with E-state index < -0.39 is 0 Å². The van der Waals surface area contributed by atoms with E-state index in [1.54, 1.807) is 0 Å². The fraction of sp³-hybridized carbons (Fsp3) is 0.159. The average molecular weight is 812 g/mol. The van der Waals surface area contributed by atoms with Gasteiger partial charge < -0.3 is 14.4 Å². The van der Waals surface area contributed by atoms with Crippen LogP contribution in [-0.2, 0) is 44.8 Å². The zero-order valence-electron chi connectivity index (χ0n) is 27.6. The first-order chi connectivity index (χ1) is 23.5. The number of nitrogens with zero attached hydrogens (tertiary/aromatic N) is 3. The quantitative estimate of drug-likeness (QED) is 0.163. The van der Waals surface area contributed by atoms with Crippen LogP contribution in [0.15, 0.2) is 114 Å². The third kappa shape index (κ3) is 5.20. The first-order valence-corrected chi connectivity index (χ1v) is 16.6. The van der Waals surface area contributed by atoms with Crippen molar-refractivity contribution in [3.63, 3.8) is 0 Å². The molecule has 2 aliphatic rings. The number of furan rings is 1. The van der Waals surface area contributed by atoms with Crippen LogP contribution in [0.5, 0.6) is 0 Å².